The molecule has 2 aromatic heterocycles. The number of anilines is 1. The highest BCUT2D eigenvalue weighted by Crippen LogP contribution is 2.34. The monoisotopic (exact) mass is 384 g/mol. The summed E-state index contributed by atoms with van der Waals surface area (Å²) in [5, 5.41) is 0.910. The third kappa shape index (κ3) is 4.25. The highest BCUT2D eigenvalue weighted by atomic mass is 16.5. The number of rotatable bonds is 10. The van der Waals surface area contributed by atoms with Crippen molar-refractivity contribution in [2.45, 2.75) is 46.1 Å². The Kier molecular flexibility index (Phi) is 6.46. The van der Waals surface area contributed by atoms with E-state index < -0.39 is 0 Å². The second-order valence-corrected chi connectivity index (χ2v) is 6.93. The minimum Gasteiger partial charge on any atom is -0.493 e. The van der Waals surface area contributed by atoms with E-state index >= 15 is 0 Å². The summed E-state index contributed by atoms with van der Waals surface area (Å²) >= 11 is 0. The van der Waals surface area contributed by atoms with Gasteiger partial charge < -0.3 is 24.6 Å². The summed E-state index contributed by atoms with van der Waals surface area (Å²) in [6, 6.07) is 5.80. The molecule has 0 amide bonds. The molecule has 2 N–H and O–H groups in total. The van der Waals surface area contributed by atoms with E-state index in [1.165, 1.54) is 0 Å². The second kappa shape index (κ2) is 9.01. The molecule has 3 aromatic rings. The van der Waals surface area contributed by atoms with E-state index in [-0.39, 0.29) is 5.78 Å². The van der Waals surface area contributed by atoms with Crippen molar-refractivity contribution in [1.82, 2.24) is 14.5 Å². The van der Waals surface area contributed by atoms with Crippen molar-refractivity contribution in [3.8, 4) is 5.75 Å². The molecular weight excluding hydrogens is 356 g/mol. The van der Waals surface area contributed by atoms with E-state index in [9.17, 15) is 4.79 Å². The summed E-state index contributed by atoms with van der Waals surface area (Å²) in [6.45, 7) is 5.21. The van der Waals surface area contributed by atoms with Crippen LogP contribution in [0.25, 0.3) is 21.9 Å². The van der Waals surface area contributed by atoms with E-state index in [1.54, 1.807) is 6.92 Å². The number of benzene rings is 1. The van der Waals surface area contributed by atoms with E-state index in [0.717, 1.165) is 47.3 Å². The van der Waals surface area contributed by atoms with Gasteiger partial charge in [0.2, 0.25) is 0 Å². The van der Waals surface area contributed by atoms with Crippen molar-refractivity contribution in [3.63, 3.8) is 0 Å². The van der Waals surface area contributed by atoms with Gasteiger partial charge in [0.1, 0.15) is 29.5 Å². The predicted molar refractivity (Wildman–Crippen MR) is 110 cm³/mol. The standard InChI is InChI=1S/C21H28N4O3/c1-4-27-13-17-24-19-20(25(17)3)18-15(23-21(19)22)10-8-11-16(18)28-12-7-5-6-9-14(2)26/h8,10-11H,4-7,9,12-13H2,1-3H3,(H2,22,23). The molecule has 0 fully saturated rings. The molecule has 0 aliphatic rings. The largest absolute Gasteiger partial charge is 0.493 e. The summed E-state index contributed by atoms with van der Waals surface area (Å²) in [6.07, 6.45) is 3.40. The number of unbranched alkanes of at least 4 members (excludes halogenated alkanes) is 2. The lowest BCUT2D eigenvalue weighted by molar-refractivity contribution is -0.117. The van der Waals surface area contributed by atoms with Gasteiger partial charge in [0.15, 0.2) is 5.82 Å². The van der Waals surface area contributed by atoms with Crippen molar-refractivity contribution in [1.29, 1.82) is 0 Å². The van der Waals surface area contributed by atoms with Gasteiger partial charge in [-0.15, -0.1) is 0 Å². The maximum atomic E-state index is 11.0. The Hall–Kier alpha value is -2.67. The number of aryl methyl sites for hydroxylation is 1. The van der Waals surface area contributed by atoms with Crippen LogP contribution in [0.15, 0.2) is 18.2 Å². The molecule has 0 radical (unpaired) electrons. The molecule has 0 unspecified atom stereocenters. The summed E-state index contributed by atoms with van der Waals surface area (Å²) in [5.74, 6) is 2.21. The number of nitrogens with two attached hydrogens (primary N) is 1. The maximum absolute atomic E-state index is 11.0. The molecule has 0 spiro atoms. The molecule has 2 heterocycles. The normalized spacial score (nSPS) is 11.4. The molecule has 28 heavy (non-hydrogen) atoms. The van der Waals surface area contributed by atoms with Crippen LogP contribution in [0.5, 0.6) is 5.75 Å². The van der Waals surface area contributed by atoms with Crippen LogP contribution in [-0.4, -0.2) is 33.5 Å². The van der Waals surface area contributed by atoms with Crippen LogP contribution < -0.4 is 10.5 Å². The first-order chi connectivity index (χ1) is 13.5. The summed E-state index contributed by atoms with van der Waals surface area (Å²) in [5.41, 5.74) is 8.52. The SMILES string of the molecule is CCOCc1nc2c(N)nc3cccc(OCCCCCC(C)=O)c3c2n1C. The smallest absolute Gasteiger partial charge is 0.152 e. The first-order valence-corrected chi connectivity index (χ1v) is 9.76. The summed E-state index contributed by atoms with van der Waals surface area (Å²) < 4.78 is 13.6. The maximum Gasteiger partial charge on any atom is 0.152 e. The number of carbonyl (C=O) groups is 1. The van der Waals surface area contributed by atoms with Gasteiger partial charge in [-0.3, -0.25) is 0 Å². The Balaban J connectivity index is 1.89. The Morgan fingerprint density at radius 1 is 1.21 bits per heavy atom. The summed E-state index contributed by atoms with van der Waals surface area (Å²) in [7, 11) is 1.96. The van der Waals surface area contributed by atoms with Crippen molar-refractivity contribution >= 4 is 33.5 Å². The zero-order chi connectivity index (χ0) is 20.1. The van der Waals surface area contributed by atoms with Crippen molar-refractivity contribution in [2.24, 2.45) is 7.05 Å². The number of aromatic nitrogens is 3. The third-order valence-electron chi connectivity index (χ3n) is 4.78. The number of pyridine rings is 1. The molecular formula is C21H28N4O3. The van der Waals surface area contributed by atoms with Crippen molar-refractivity contribution < 1.29 is 14.3 Å². The number of carbonyl (C=O) groups excluding carboxylic acids is 1. The number of fused-ring (bicyclic) bond motifs is 3. The van der Waals surface area contributed by atoms with Crippen LogP contribution >= 0.6 is 0 Å². The minimum absolute atomic E-state index is 0.236. The topological polar surface area (TPSA) is 92.3 Å². The van der Waals surface area contributed by atoms with E-state index in [1.807, 2.05) is 36.7 Å². The van der Waals surface area contributed by atoms with Crippen LogP contribution in [0.3, 0.4) is 0 Å². The fourth-order valence-electron chi connectivity index (χ4n) is 3.32. The quantitative estimate of drug-likeness (QED) is 0.535. The lowest BCUT2D eigenvalue weighted by atomic mass is 10.1. The molecule has 1 aromatic carbocycles. The molecule has 0 aliphatic carbocycles. The molecule has 7 heteroatoms. The molecule has 0 bridgehead atoms. The molecule has 0 atom stereocenters. The van der Waals surface area contributed by atoms with Gasteiger partial charge in [0.05, 0.1) is 23.0 Å². The zero-order valence-electron chi connectivity index (χ0n) is 16.8. The van der Waals surface area contributed by atoms with Crippen LogP contribution in [-0.2, 0) is 23.2 Å². The Morgan fingerprint density at radius 2 is 2.04 bits per heavy atom. The lowest BCUT2D eigenvalue weighted by Crippen LogP contribution is -2.03. The zero-order valence-corrected chi connectivity index (χ0v) is 16.8. The number of ketones is 1. The van der Waals surface area contributed by atoms with E-state index in [0.29, 0.717) is 37.6 Å². The van der Waals surface area contributed by atoms with Gasteiger partial charge in [0, 0.05) is 20.1 Å². The third-order valence-corrected chi connectivity index (χ3v) is 4.78. The summed E-state index contributed by atoms with van der Waals surface area (Å²) in [4.78, 5) is 20.2. The fourth-order valence-corrected chi connectivity index (χ4v) is 3.32. The lowest BCUT2D eigenvalue weighted by Gasteiger charge is -2.11. The molecule has 7 nitrogen and oxygen atoms in total. The Labute approximate surface area is 164 Å². The van der Waals surface area contributed by atoms with Gasteiger partial charge in [-0.05, 0) is 45.2 Å². The van der Waals surface area contributed by atoms with Crippen LogP contribution in [0.1, 0.15) is 45.4 Å². The van der Waals surface area contributed by atoms with Gasteiger partial charge in [-0.2, -0.15) is 0 Å². The number of Topliss-reactive ketones (excluding diaryl/α,β-unsaturated/α-hetero) is 1. The fraction of sp³-hybridized carbons (Fsp3) is 0.476. The van der Waals surface area contributed by atoms with E-state index in [4.69, 9.17) is 15.2 Å². The van der Waals surface area contributed by atoms with Crippen molar-refractivity contribution in [3.05, 3.63) is 24.0 Å². The number of hydrogen-bond donors (Lipinski definition) is 1. The van der Waals surface area contributed by atoms with E-state index in [2.05, 4.69) is 9.97 Å². The number of hydrogen-bond acceptors (Lipinski definition) is 6. The average molecular weight is 384 g/mol. The van der Waals surface area contributed by atoms with Gasteiger partial charge in [0.25, 0.3) is 0 Å². The van der Waals surface area contributed by atoms with Gasteiger partial charge >= 0.3 is 0 Å². The molecule has 0 saturated heterocycles. The molecule has 150 valence electrons. The Morgan fingerprint density at radius 3 is 2.79 bits per heavy atom. The van der Waals surface area contributed by atoms with Gasteiger partial charge in [-0.25, -0.2) is 9.97 Å². The highest BCUT2D eigenvalue weighted by molar-refractivity contribution is 6.09. The average Bonchev–Trinajstić information content (AvgIpc) is 3.00. The first-order valence-electron chi connectivity index (χ1n) is 9.76. The first kappa shape index (κ1) is 20.1. The van der Waals surface area contributed by atoms with Gasteiger partial charge in [-0.1, -0.05) is 6.07 Å². The number of imidazole rings is 1. The number of ether oxygens (including phenoxy) is 2. The second-order valence-electron chi connectivity index (χ2n) is 6.93. The Bertz CT molecular complexity index is 981. The molecule has 3 rings (SSSR count). The number of nitrogen functional groups attached to an aromatic ring is 1. The van der Waals surface area contributed by atoms with Crippen LogP contribution in [0.2, 0.25) is 0 Å². The highest BCUT2D eigenvalue weighted by Gasteiger charge is 2.18. The van der Waals surface area contributed by atoms with Crippen LogP contribution in [0.4, 0.5) is 5.82 Å². The predicted octanol–water partition coefficient (Wildman–Crippen LogP) is 3.77. The molecule has 0 saturated carbocycles. The van der Waals surface area contributed by atoms with Crippen LogP contribution in [0, 0.1) is 0 Å². The van der Waals surface area contributed by atoms with Crippen molar-refractivity contribution in [2.75, 3.05) is 18.9 Å². The minimum atomic E-state index is 0.236. The molecule has 0 aliphatic heterocycles. The number of nitrogens with zero attached hydrogens (tertiary/aromatic N) is 3.